The number of furan rings is 1. The molecule has 0 N–H and O–H groups in total. The van der Waals surface area contributed by atoms with E-state index in [-0.39, 0.29) is 22.4 Å². The molecular weight excluding hydrogens is 266 g/mol. The summed E-state index contributed by atoms with van der Waals surface area (Å²) in [4.78, 5) is 11.9. The van der Waals surface area contributed by atoms with Crippen molar-refractivity contribution in [3.05, 3.63) is 58.8 Å². The van der Waals surface area contributed by atoms with Crippen LogP contribution in [0, 0.1) is 5.82 Å². The van der Waals surface area contributed by atoms with Gasteiger partial charge in [0.2, 0.25) is 5.22 Å². The van der Waals surface area contributed by atoms with Crippen LogP contribution in [0.1, 0.15) is 21.3 Å². The van der Waals surface area contributed by atoms with Gasteiger partial charge in [0.1, 0.15) is 11.2 Å². The summed E-state index contributed by atoms with van der Waals surface area (Å²) in [6, 6.07) is 6.85. The smallest absolute Gasteiger partial charge is 0.203 e. The third-order valence-corrected chi connectivity index (χ3v) is 3.02. The van der Waals surface area contributed by atoms with Gasteiger partial charge in [0.15, 0.2) is 5.78 Å². The Morgan fingerprint density at radius 1 is 1.24 bits per heavy atom. The zero-order chi connectivity index (χ0) is 12.4. The highest BCUT2D eigenvalue weighted by atomic mass is 35.5. The van der Waals surface area contributed by atoms with Crippen LogP contribution < -0.4 is 0 Å². The Bertz CT molecular complexity index is 534. The van der Waals surface area contributed by atoms with Crippen molar-refractivity contribution in [2.24, 2.45) is 0 Å². The van der Waals surface area contributed by atoms with Crippen LogP contribution in [0.25, 0.3) is 0 Å². The van der Waals surface area contributed by atoms with Crippen LogP contribution >= 0.6 is 23.2 Å². The molecule has 2 rings (SSSR count). The largest absolute Gasteiger partial charge is 0.452 e. The molecule has 0 saturated heterocycles. The molecule has 0 aliphatic heterocycles. The van der Waals surface area contributed by atoms with Gasteiger partial charge in [-0.05, 0) is 35.4 Å². The van der Waals surface area contributed by atoms with E-state index in [1.54, 1.807) is 0 Å². The molecule has 0 aliphatic rings. The van der Waals surface area contributed by atoms with Crippen molar-refractivity contribution in [3.63, 3.8) is 0 Å². The molecule has 1 heterocycles. The maximum atomic E-state index is 12.7. The highest BCUT2D eigenvalue weighted by Gasteiger charge is 2.23. The van der Waals surface area contributed by atoms with E-state index in [0.29, 0.717) is 5.56 Å². The van der Waals surface area contributed by atoms with Crippen LogP contribution in [-0.4, -0.2) is 5.78 Å². The number of hydrogen-bond donors (Lipinski definition) is 0. The number of hydrogen-bond acceptors (Lipinski definition) is 2. The van der Waals surface area contributed by atoms with Gasteiger partial charge in [-0.25, -0.2) is 4.39 Å². The first kappa shape index (κ1) is 12.1. The fraction of sp³-hybridized carbons (Fsp3) is 0.0833. The van der Waals surface area contributed by atoms with Crippen molar-refractivity contribution in [3.8, 4) is 0 Å². The summed E-state index contributed by atoms with van der Waals surface area (Å²) in [5.41, 5.74) is 0.728. The second kappa shape index (κ2) is 4.90. The van der Waals surface area contributed by atoms with Gasteiger partial charge in [-0.2, -0.15) is 0 Å². The minimum atomic E-state index is -0.911. The summed E-state index contributed by atoms with van der Waals surface area (Å²) in [5, 5.41) is -0.909. The summed E-state index contributed by atoms with van der Waals surface area (Å²) >= 11 is 11.7. The van der Waals surface area contributed by atoms with Crippen molar-refractivity contribution in [2.45, 2.75) is 5.38 Å². The van der Waals surface area contributed by atoms with E-state index in [0.717, 1.165) is 0 Å². The minimum absolute atomic E-state index is 0.00256. The van der Waals surface area contributed by atoms with Gasteiger partial charge in [0.25, 0.3) is 0 Å². The molecule has 1 unspecified atom stereocenters. The molecule has 5 heteroatoms. The molecule has 88 valence electrons. The van der Waals surface area contributed by atoms with Crippen molar-refractivity contribution >= 4 is 29.0 Å². The fourth-order valence-electron chi connectivity index (χ4n) is 1.39. The summed E-state index contributed by atoms with van der Waals surface area (Å²) in [6.07, 6.45) is 1.31. The van der Waals surface area contributed by atoms with Gasteiger partial charge in [-0.15, -0.1) is 11.6 Å². The summed E-state index contributed by atoms with van der Waals surface area (Å²) in [6.45, 7) is 0. The molecule has 0 radical (unpaired) electrons. The normalized spacial score (nSPS) is 12.4. The van der Waals surface area contributed by atoms with E-state index in [1.165, 1.54) is 36.6 Å². The highest BCUT2D eigenvalue weighted by Crippen LogP contribution is 2.28. The maximum Gasteiger partial charge on any atom is 0.203 e. The summed E-state index contributed by atoms with van der Waals surface area (Å²) < 4.78 is 17.5. The maximum absolute atomic E-state index is 12.7. The number of alkyl halides is 1. The predicted octanol–water partition coefficient (Wildman–Crippen LogP) is 4.23. The molecule has 0 amide bonds. The summed E-state index contributed by atoms with van der Waals surface area (Å²) in [5.74, 6) is -0.761. The summed E-state index contributed by atoms with van der Waals surface area (Å²) in [7, 11) is 0. The molecule has 1 atom stereocenters. The standard InChI is InChI=1S/C12H7Cl2FO2/c13-10(7-1-3-8(15)4-2-7)11(16)9-5-6-17-12(9)14/h1-6,10H. The van der Waals surface area contributed by atoms with Gasteiger partial charge in [0, 0.05) is 0 Å². The van der Waals surface area contributed by atoms with Gasteiger partial charge in [-0.1, -0.05) is 12.1 Å². The number of carbonyl (C=O) groups excluding carboxylic acids is 1. The van der Waals surface area contributed by atoms with E-state index >= 15 is 0 Å². The van der Waals surface area contributed by atoms with Gasteiger partial charge in [-0.3, -0.25) is 4.79 Å². The first-order chi connectivity index (χ1) is 8.09. The van der Waals surface area contributed by atoms with Gasteiger partial charge >= 0.3 is 0 Å². The number of ketones is 1. The Kier molecular flexibility index (Phi) is 3.50. The molecular formula is C12H7Cl2FO2. The number of Topliss-reactive ketones (excluding diaryl/α,β-unsaturated/α-hetero) is 1. The third kappa shape index (κ3) is 2.51. The second-order valence-electron chi connectivity index (χ2n) is 3.39. The van der Waals surface area contributed by atoms with Crippen molar-refractivity contribution < 1.29 is 13.6 Å². The van der Waals surface area contributed by atoms with Gasteiger partial charge < -0.3 is 4.42 Å². The number of benzene rings is 1. The van der Waals surface area contributed by atoms with Crippen molar-refractivity contribution in [2.75, 3.05) is 0 Å². The first-order valence-electron chi connectivity index (χ1n) is 4.76. The fourth-order valence-corrected chi connectivity index (χ4v) is 1.86. The molecule has 1 aromatic carbocycles. The molecule has 0 aliphatic carbocycles. The third-order valence-electron chi connectivity index (χ3n) is 2.28. The molecule has 2 nitrogen and oxygen atoms in total. The van der Waals surface area contributed by atoms with E-state index in [9.17, 15) is 9.18 Å². The minimum Gasteiger partial charge on any atom is -0.452 e. The molecule has 2 aromatic rings. The SMILES string of the molecule is O=C(c1ccoc1Cl)C(Cl)c1ccc(F)cc1. The number of carbonyl (C=O) groups is 1. The van der Waals surface area contributed by atoms with Crippen LogP contribution in [0.3, 0.4) is 0 Å². The second-order valence-corrected chi connectivity index (χ2v) is 4.17. The average Bonchev–Trinajstić information content (AvgIpc) is 2.74. The molecule has 17 heavy (non-hydrogen) atoms. The number of rotatable bonds is 3. The van der Waals surface area contributed by atoms with Crippen LogP contribution in [0.5, 0.6) is 0 Å². The predicted molar refractivity (Wildman–Crippen MR) is 63.0 cm³/mol. The Labute approximate surface area is 107 Å². The zero-order valence-corrected chi connectivity index (χ0v) is 10.0. The lowest BCUT2D eigenvalue weighted by Gasteiger charge is -2.07. The van der Waals surface area contributed by atoms with E-state index in [2.05, 4.69) is 0 Å². The zero-order valence-electron chi connectivity index (χ0n) is 8.49. The molecule has 0 bridgehead atoms. The van der Waals surface area contributed by atoms with Gasteiger partial charge in [0.05, 0.1) is 11.8 Å². The Morgan fingerprint density at radius 2 is 1.88 bits per heavy atom. The number of halogens is 3. The first-order valence-corrected chi connectivity index (χ1v) is 5.58. The van der Waals surface area contributed by atoms with E-state index in [4.69, 9.17) is 27.6 Å². The van der Waals surface area contributed by atoms with Crippen LogP contribution in [0.2, 0.25) is 5.22 Å². The Balaban J connectivity index is 2.26. The lowest BCUT2D eigenvalue weighted by molar-refractivity contribution is 0.0986. The van der Waals surface area contributed by atoms with Crippen LogP contribution in [-0.2, 0) is 0 Å². The van der Waals surface area contributed by atoms with E-state index < -0.39 is 5.38 Å². The monoisotopic (exact) mass is 272 g/mol. The molecule has 1 aromatic heterocycles. The van der Waals surface area contributed by atoms with Crippen LogP contribution in [0.15, 0.2) is 41.0 Å². The lowest BCUT2D eigenvalue weighted by atomic mass is 10.0. The molecule has 0 fully saturated rings. The lowest BCUT2D eigenvalue weighted by Crippen LogP contribution is -2.07. The highest BCUT2D eigenvalue weighted by molar-refractivity contribution is 6.38. The average molecular weight is 273 g/mol. The quantitative estimate of drug-likeness (QED) is 0.618. The molecule has 0 saturated carbocycles. The Hall–Kier alpha value is -1.32. The topological polar surface area (TPSA) is 30.2 Å². The van der Waals surface area contributed by atoms with E-state index in [1.807, 2.05) is 0 Å². The Morgan fingerprint density at radius 3 is 2.41 bits per heavy atom. The molecule has 0 spiro atoms. The van der Waals surface area contributed by atoms with Crippen molar-refractivity contribution in [1.29, 1.82) is 0 Å². The van der Waals surface area contributed by atoms with Crippen LogP contribution in [0.4, 0.5) is 4.39 Å². The van der Waals surface area contributed by atoms with Crippen molar-refractivity contribution in [1.82, 2.24) is 0 Å².